The molecule has 140 valence electrons. The molecular weight excluding hydrogens is 355 g/mol. The van der Waals surface area contributed by atoms with Gasteiger partial charge in [0.25, 0.3) is 0 Å². The molecule has 5 nitrogen and oxygen atoms in total. The monoisotopic (exact) mass is 378 g/mol. The molecule has 0 fully saturated rings. The van der Waals surface area contributed by atoms with Gasteiger partial charge in [-0.25, -0.2) is 12.8 Å². The Kier molecular flexibility index (Phi) is 6.15. The van der Waals surface area contributed by atoms with Gasteiger partial charge in [0.1, 0.15) is 5.82 Å². The lowest BCUT2D eigenvalue weighted by Gasteiger charge is -2.24. The number of nitrogens with zero attached hydrogens (tertiary/aromatic N) is 2. The summed E-state index contributed by atoms with van der Waals surface area (Å²) in [6.07, 6.45) is 1.06. The van der Waals surface area contributed by atoms with Gasteiger partial charge in [-0.3, -0.25) is 4.79 Å². The van der Waals surface area contributed by atoms with Crippen LogP contribution in [0.2, 0.25) is 0 Å². The Morgan fingerprint density at radius 1 is 1.04 bits per heavy atom. The summed E-state index contributed by atoms with van der Waals surface area (Å²) in [4.78, 5) is 14.0. The van der Waals surface area contributed by atoms with Crippen molar-refractivity contribution in [2.45, 2.75) is 20.4 Å². The van der Waals surface area contributed by atoms with E-state index in [2.05, 4.69) is 0 Å². The van der Waals surface area contributed by atoms with Crippen LogP contribution in [0, 0.1) is 19.7 Å². The predicted octanol–water partition coefficient (Wildman–Crippen LogP) is 2.87. The van der Waals surface area contributed by atoms with E-state index in [1.165, 1.54) is 29.2 Å². The summed E-state index contributed by atoms with van der Waals surface area (Å²) in [5, 5.41) is 0. The number of carbonyl (C=O) groups is 1. The number of carbonyl (C=O) groups excluding carboxylic acids is 1. The molecule has 0 spiro atoms. The van der Waals surface area contributed by atoms with E-state index in [1.54, 1.807) is 7.05 Å². The quantitative estimate of drug-likeness (QED) is 0.777. The van der Waals surface area contributed by atoms with E-state index in [0.717, 1.165) is 21.7 Å². The molecule has 26 heavy (non-hydrogen) atoms. The number of amides is 1. The third kappa shape index (κ3) is 5.12. The lowest BCUT2D eigenvalue weighted by molar-refractivity contribution is -0.118. The van der Waals surface area contributed by atoms with Crippen LogP contribution < -0.4 is 4.90 Å². The van der Waals surface area contributed by atoms with Crippen LogP contribution in [-0.2, 0) is 21.4 Å². The first-order valence-electron chi connectivity index (χ1n) is 8.11. The fourth-order valence-corrected chi connectivity index (χ4v) is 3.15. The molecule has 2 aromatic rings. The Balaban J connectivity index is 2.17. The average molecular weight is 378 g/mol. The minimum absolute atomic E-state index is 0.00557. The van der Waals surface area contributed by atoms with Crippen molar-refractivity contribution in [2.24, 2.45) is 0 Å². The van der Waals surface area contributed by atoms with Crippen molar-refractivity contribution in [3.05, 3.63) is 65.0 Å². The van der Waals surface area contributed by atoms with Crippen molar-refractivity contribution in [1.82, 2.24) is 4.31 Å². The number of sulfonamides is 1. The molecule has 0 saturated carbocycles. The van der Waals surface area contributed by atoms with Crippen LogP contribution >= 0.6 is 0 Å². The van der Waals surface area contributed by atoms with Crippen LogP contribution in [0.15, 0.2) is 42.5 Å². The number of rotatable bonds is 6. The van der Waals surface area contributed by atoms with Gasteiger partial charge >= 0.3 is 0 Å². The highest BCUT2D eigenvalue weighted by molar-refractivity contribution is 7.88. The molecule has 7 heteroatoms. The van der Waals surface area contributed by atoms with Gasteiger partial charge in [-0.05, 0) is 54.8 Å². The van der Waals surface area contributed by atoms with Gasteiger partial charge in [0, 0.05) is 19.3 Å². The molecule has 0 aliphatic carbocycles. The fraction of sp³-hybridized carbons (Fsp3) is 0.316. The van der Waals surface area contributed by atoms with Crippen molar-refractivity contribution >= 4 is 21.6 Å². The van der Waals surface area contributed by atoms with E-state index in [0.29, 0.717) is 11.3 Å². The molecule has 0 aromatic heterocycles. The van der Waals surface area contributed by atoms with Crippen LogP contribution in [0.3, 0.4) is 0 Å². The lowest BCUT2D eigenvalue weighted by atomic mass is 10.1. The number of anilines is 1. The largest absolute Gasteiger partial charge is 0.314 e. The Labute approximate surface area is 154 Å². The SMILES string of the molecule is Cc1ccc(N(C)C(=O)CN(Cc2ccc(F)cc2)S(C)(=O)=O)cc1C. The smallest absolute Gasteiger partial charge is 0.242 e. The Bertz CT molecular complexity index is 896. The van der Waals surface area contributed by atoms with Gasteiger partial charge in [-0.2, -0.15) is 4.31 Å². The average Bonchev–Trinajstić information content (AvgIpc) is 2.57. The van der Waals surface area contributed by atoms with Crippen LogP contribution in [0.1, 0.15) is 16.7 Å². The summed E-state index contributed by atoms with van der Waals surface area (Å²) in [6.45, 7) is 3.65. The van der Waals surface area contributed by atoms with Crippen molar-refractivity contribution in [3.63, 3.8) is 0 Å². The number of halogens is 1. The van der Waals surface area contributed by atoms with Gasteiger partial charge < -0.3 is 4.90 Å². The van der Waals surface area contributed by atoms with E-state index in [4.69, 9.17) is 0 Å². The van der Waals surface area contributed by atoms with Crippen molar-refractivity contribution in [3.8, 4) is 0 Å². The molecule has 0 saturated heterocycles. The zero-order chi connectivity index (χ0) is 19.5. The molecule has 0 radical (unpaired) electrons. The van der Waals surface area contributed by atoms with Gasteiger partial charge in [0.05, 0.1) is 12.8 Å². The Morgan fingerprint density at radius 3 is 2.19 bits per heavy atom. The molecule has 0 aliphatic heterocycles. The highest BCUT2D eigenvalue weighted by Crippen LogP contribution is 2.18. The van der Waals surface area contributed by atoms with E-state index in [9.17, 15) is 17.6 Å². The maximum Gasteiger partial charge on any atom is 0.242 e. The molecule has 2 aromatic carbocycles. The first-order valence-corrected chi connectivity index (χ1v) is 9.96. The highest BCUT2D eigenvalue weighted by atomic mass is 32.2. The Morgan fingerprint density at radius 2 is 1.65 bits per heavy atom. The number of aryl methyl sites for hydroxylation is 2. The van der Waals surface area contributed by atoms with E-state index < -0.39 is 15.8 Å². The zero-order valence-corrected chi connectivity index (χ0v) is 16.2. The predicted molar refractivity (Wildman–Crippen MR) is 101 cm³/mol. The topological polar surface area (TPSA) is 57.7 Å². The first kappa shape index (κ1) is 20.1. The van der Waals surface area contributed by atoms with E-state index in [1.807, 2.05) is 32.0 Å². The number of likely N-dealkylation sites (N-methyl/N-ethyl adjacent to an activating group) is 1. The van der Waals surface area contributed by atoms with Gasteiger partial charge in [0.2, 0.25) is 15.9 Å². The maximum absolute atomic E-state index is 13.0. The normalized spacial score (nSPS) is 11.6. The van der Waals surface area contributed by atoms with Crippen molar-refractivity contribution in [2.75, 3.05) is 24.7 Å². The molecule has 0 heterocycles. The molecular formula is C19H23FN2O3S. The summed E-state index contributed by atoms with van der Waals surface area (Å²) in [5.41, 5.74) is 3.48. The fourth-order valence-electron chi connectivity index (χ4n) is 2.42. The van der Waals surface area contributed by atoms with Gasteiger partial charge in [-0.1, -0.05) is 18.2 Å². The molecule has 0 N–H and O–H groups in total. The van der Waals surface area contributed by atoms with Gasteiger partial charge in [-0.15, -0.1) is 0 Å². The molecule has 0 atom stereocenters. The van der Waals surface area contributed by atoms with Crippen LogP contribution in [0.25, 0.3) is 0 Å². The lowest BCUT2D eigenvalue weighted by Crippen LogP contribution is -2.40. The van der Waals surface area contributed by atoms with Crippen molar-refractivity contribution < 1.29 is 17.6 Å². The standard InChI is InChI=1S/C19H23FN2O3S/c1-14-5-10-18(11-15(14)2)21(3)19(23)13-22(26(4,24)25)12-16-6-8-17(20)9-7-16/h5-11H,12-13H2,1-4H3. The zero-order valence-electron chi connectivity index (χ0n) is 15.4. The first-order chi connectivity index (χ1) is 12.1. The summed E-state index contributed by atoms with van der Waals surface area (Å²) in [6, 6.07) is 11.2. The van der Waals surface area contributed by atoms with E-state index >= 15 is 0 Å². The second-order valence-electron chi connectivity index (χ2n) is 6.38. The summed E-state index contributed by atoms with van der Waals surface area (Å²) < 4.78 is 38.3. The minimum atomic E-state index is -3.61. The molecule has 0 aliphatic rings. The second kappa shape index (κ2) is 7.97. The third-order valence-corrected chi connectivity index (χ3v) is 5.50. The van der Waals surface area contributed by atoms with Crippen LogP contribution in [0.5, 0.6) is 0 Å². The summed E-state index contributed by atoms with van der Waals surface area (Å²) >= 11 is 0. The Hall–Kier alpha value is -2.25. The van der Waals surface area contributed by atoms with E-state index in [-0.39, 0.29) is 19.0 Å². The van der Waals surface area contributed by atoms with Crippen molar-refractivity contribution in [1.29, 1.82) is 0 Å². The van der Waals surface area contributed by atoms with Crippen LogP contribution in [-0.4, -0.2) is 38.5 Å². The summed E-state index contributed by atoms with van der Waals surface area (Å²) in [7, 11) is -1.99. The minimum Gasteiger partial charge on any atom is -0.314 e. The van der Waals surface area contributed by atoms with Gasteiger partial charge in [0.15, 0.2) is 0 Å². The number of hydrogen-bond acceptors (Lipinski definition) is 3. The molecule has 0 bridgehead atoms. The third-order valence-electron chi connectivity index (χ3n) is 4.30. The summed E-state index contributed by atoms with van der Waals surface area (Å²) in [5.74, 6) is -0.744. The molecule has 1 amide bonds. The van der Waals surface area contributed by atoms with Crippen LogP contribution in [0.4, 0.5) is 10.1 Å². The maximum atomic E-state index is 13.0. The number of benzene rings is 2. The second-order valence-corrected chi connectivity index (χ2v) is 8.36. The highest BCUT2D eigenvalue weighted by Gasteiger charge is 2.23. The number of hydrogen-bond donors (Lipinski definition) is 0. The molecule has 2 rings (SSSR count). The molecule has 0 unspecified atom stereocenters.